The van der Waals surface area contributed by atoms with Crippen molar-refractivity contribution < 1.29 is 14.7 Å². The number of aliphatic imine (C=N–C) groups is 1. The molecular formula is C22H25N3O3. The standard InChI is InChI=1S/C22H25N3O3/c26-11-10-23-17-12-16(24-13-6-2-1-3-7-13)18-19-20(17)25-28-22(19)15-9-5-4-8-14(15)21(18)27/h4-5,8-9,13,16,24,26-27H,1-3,6-7,10-12H2. The van der Waals surface area contributed by atoms with Crippen molar-refractivity contribution in [1.29, 1.82) is 0 Å². The van der Waals surface area contributed by atoms with Crippen molar-refractivity contribution in [3.63, 3.8) is 0 Å². The average Bonchev–Trinajstić information content (AvgIpc) is 3.17. The van der Waals surface area contributed by atoms with Crippen molar-refractivity contribution in [3.8, 4) is 5.75 Å². The lowest BCUT2D eigenvalue weighted by Crippen LogP contribution is -2.37. The van der Waals surface area contributed by atoms with Gasteiger partial charge in [-0.2, -0.15) is 0 Å². The first-order chi connectivity index (χ1) is 13.8. The average molecular weight is 379 g/mol. The molecule has 1 unspecified atom stereocenters. The number of phenolic OH excluding ortho intramolecular Hbond substituents is 1. The van der Waals surface area contributed by atoms with E-state index in [0.29, 0.717) is 36.0 Å². The largest absolute Gasteiger partial charge is 0.507 e. The molecule has 6 heteroatoms. The molecule has 2 aliphatic rings. The summed E-state index contributed by atoms with van der Waals surface area (Å²) in [4.78, 5) is 4.57. The second-order valence-corrected chi connectivity index (χ2v) is 7.85. The van der Waals surface area contributed by atoms with Gasteiger partial charge in [-0.1, -0.05) is 48.7 Å². The molecular weight excluding hydrogens is 354 g/mol. The van der Waals surface area contributed by atoms with Crippen molar-refractivity contribution in [2.45, 2.75) is 50.6 Å². The third-order valence-electron chi connectivity index (χ3n) is 6.11. The van der Waals surface area contributed by atoms with Gasteiger partial charge in [0.15, 0.2) is 5.58 Å². The van der Waals surface area contributed by atoms with Gasteiger partial charge in [0.25, 0.3) is 0 Å². The van der Waals surface area contributed by atoms with Crippen LogP contribution in [0.2, 0.25) is 0 Å². The van der Waals surface area contributed by atoms with Crippen molar-refractivity contribution in [2.24, 2.45) is 4.99 Å². The second-order valence-electron chi connectivity index (χ2n) is 7.85. The van der Waals surface area contributed by atoms with E-state index >= 15 is 0 Å². The monoisotopic (exact) mass is 379 g/mol. The Morgan fingerprint density at radius 3 is 2.71 bits per heavy atom. The van der Waals surface area contributed by atoms with Gasteiger partial charge in [-0.05, 0) is 12.8 Å². The fourth-order valence-electron chi connectivity index (χ4n) is 4.82. The van der Waals surface area contributed by atoms with E-state index in [4.69, 9.17) is 4.52 Å². The van der Waals surface area contributed by atoms with Crippen molar-refractivity contribution in [3.05, 3.63) is 35.5 Å². The fraction of sp³-hybridized carbons (Fsp3) is 0.455. The van der Waals surface area contributed by atoms with Gasteiger partial charge in [0.2, 0.25) is 0 Å². The van der Waals surface area contributed by atoms with Crippen LogP contribution >= 0.6 is 0 Å². The molecule has 2 aromatic carbocycles. The highest BCUT2D eigenvalue weighted by Crippen LogP contribution is 2.46. The van der Waals surface area contributed by atoms with Gasteiger partial charge in [-0.25, -0.2) is 0 Å². The predicted octanol–water partition coefficient (Wildman–Crippen LogP) is 3.84. The number of nitrogens with zero attached hydrogens (tertiary/aromatic N) is 2. The molecule has 0 spiro atoms. The topological polar surface area (TPSA) is 90.9 Å². The van der Waals surface area contributed by atoms with Crippen LogP contribution in [0.5, 0.6) is 5.75 Å². The number of hydrogen-bond donors (Lipinski definition) is 3. The van der Waals surface area contributed by atoms with E-state index in [2.05, 4.69) is 15.5 Å². The van der Waals surface area contributed by atoms with Crippen LogP contribution in [0.15, 0.2) is 33.8 Å². The normalized spacial score (nSPS) is 21.8. The van der Waals surface area contributed by atoms with Gasteiger partial charge in [-0.15, -0.1) is 0 Å². The Bertz CT molecular complexity index is 1050. The molecule has 6 nitrogen and oxygen atoms in total. The van der Waals surface area contributed by atoms with Gasteiger partial charge < -0.3 is 20.1 Å². The number of aliphatic hydroxyl groups excluding tert-OH is 1. The maximum absolute atomic E-state index is 11.2. The fourth-order valence-corrected chi connectivity index (χ4v) is 4.82. The van der Waals surface area contributed by atoms with E-state index in [0.717, 1.165) is 40.3 Å². The summed E-state index contributed by atoms with van der Waals surface area (Å²) in [5.74, 6) is 0.307. The number of rotatable bonds is 4. The Hall–Kier alpha value is -2.44. The molecule has 0 saturated heterocycles. The number of benzene rings is 2. The minimum absolute atomic E-state index is 0.00103. The number of hydrogen-bond acceptors (Lipinski definition) is 6. The van der Waals surface area contributed by atoms with Crippen molar-refractivity contribution in [1.82, 2.24) is 10.5 Å². The Morgan fingerprint density at radius 2 is 1.93 bits per heavy atom. The van der Waals surface area contributed by atoms with E-state index in [1.165, 1.54) is 19.3 Å². The zero-order valence-electron chi connectivity index (χ0n) is 15.8. The van der Waals surface area contributed by atoms with Crippen LogP contribution in [0.1, 0.15) is 55.8 Å². The van der Waals surface area contributed by atoms with E-state index in [9.17, 15) is 10.2 Å². The molecule has 1 heterocycles. The Kier molecular flexibility index (Phi) is 4.53. The Labute approximate surface area is 163 Å². The minimum Gasteiger partial charge on any atom is -0.507 e. The molecule has 146 valence electrons. The third kappa shape index (κ3) is 2.79. The summed E-state index contributed by atoms with van der Waals surface area (Å²) in [5, 5.41) is 31.0. The van der Waals surface area contributed by atoms with Gasteiger partial charge in [-0.3, -0.25) is 4.99 Å². The Balaban J connectivity index is 1.71. The van der Waals surface area contributed by atoms with Crippen LogP contribution in [0.25, 0.3) is 21.7 Å². The molecule has 0 aliphatic heterocycles. The van der Waals surface area contributed by atoms with Gasteiger partial charge in [0.1, 0.15) is 11.4 Å². The molecule has 1 aromatic heterocycles. The molecule has 0 radical (unpaired) electrons. The third-order valence-corrected chi connectivity index (χ3v) is 6.11. The lowest BCUT2D eigenvalue weighted by Gasteiger charge is -2.32. The van der Waals surface area contributed by atoms with Crippen molar-refractivity contribution in [2.75, 3.05) is 13.2 Å². The van der Waals surface area contributed by atoms with Gasteiger partial charge in [0, 0.05) is 34.8 Å². The van der Waals surface area contributed by atoms with E-state index in [1.807, 2.05) is 24.3 Å². The quantitative estimate of drug-likeness (QED) is 0.641. The number of aliphatic hydroxyl groups is 1. The lowest BCUT2D eigenvalue weighted by atomic mass is 9.84. The second kappa shape index (κ2) is 7.18. The van der Waals surface area contributed by atoms with Crippen LogP contribution in [-0.4, -0.2) is 40.3 Å². The zero-order chi connectivity index (χ0) is 19.1. The Morgan fingerprint density at radius 1 is 1.14 bits per heavy atom. The zero-order valence-corrected chi connectivity index (χ0v) is 15.8. The van der Waals surface area contributed by atoms with Crippen LogP contribution in [0, 0.1) is 0 Å². The SMILES string of the molecule is OCCN=C1CC(NC2CCCCC2)c2c(O)c3ccccc3c3onc1c23. The first-order valence-electron chi connectivity index (χ1n) is 10.2. The molecule has 28 heavy (non-hydrogen) atoms. The molecule has 2 aliphatic carbocycles. The van der Waals surface area contributed by atoms with E-state index in [1.54, 1.807) is 0 Å². The number of fused-ring (bicyclic) bond motifs is 2. The molecule has 0 amide bonds. The first-order valence-corrected chi connectivity index (χ1v) is 10.2. The smallest absolute Gasteiger partial charge is 0.175 e. The highest BCUT2D eigenvalue weighted by atomic mass is 16.5. The predicted molar refractivity (Wildman–Crippen MR) is 109 cm³/mol. The van der Waals surface area contributed by atoms with Crippen LogP contribution < -0.4 is 5.32 Å². The molecule has 1 saturated carbocycles. The molecule has 3 N–H and O–H groups in total. The van der Waals surface area contributed by atoms with E-state index < -0.39 is 0 Å². The summed E-state index contributed by atoms with van der Waals surface area (Å²) >= 11 is 0. The first kappa shape index (κ1) is 17.6. The number of aromatic hydroxyl groups is 1. The number of nitrogens with one attached hydrogen (secondary N) is 1. The molecule has 3 aromatic rings. The summed E-state index contributed by atoms with van der Waals surface area (Å²) in [6.07, 6.45) is 6.74. The summed E-state index contributed by atoms with van der Waals surface area (Å²) in [6, 6.07) is 8.15. The number of phenols is 1. The van der Waals surface area contributed by atoms with Crippen molar-refractivity contribution >= 4 is 27.5 Å². The summed E-state index contributed by atoms with van der Waals surface area (Å²) in [6.45, 7) is 0.343. The molecule has 1 fully saturated rings. The van der Waals surface area contributed by atoms with Gasteiger partial charge >= 0.3 is 0 Å². The summed E-state index contributed by atoms with van der Waals surface area (Å²) in [7, 11) is 0. The highest BCUT2D eigenvalue weighted by Gasteiger charge is 2.35. The molecule has 5 rings (SSSR count). The van der Waals surface area contributed by atoms with Crippen LogP contribution in [-0.2, 0) is 0 Å². The van der Waals surface area contributed by atoms with Gasteiger partial charge in [0.05, 0.1) is 24.2 Å². The highest BCUT2D eigenvalue weighted by molar-refractivity contribution is 6.19. The van der Waals surface area contributed by atoms with Crippen LogP contribution in [0.4, 0.5) is 0 Å². The summed E-state index contributed by atoms with van der Waals surface area (Å²) in [5.41, 5.74) is 3.10. The maximum atomic E-state index is 11.2. The molecule has 0 bridgehead atoms. The van der Waals surface area contributed by atoms with E-state index in [-0.39, 0.29) is 12.6 Å². The number of aromatic nitrogens is 1. The lowest BCUT2D eigenvalue weighted by molar-refractivity contribution is 0.306. The summed E-state index contributed by atoms with van der Waals surface area (Å²) < 4.78 is 5.75. The molecule has 1 atom stereocenters. The minimum atomic E-state index is -0.0421. The van der Waals surface area contributed by atoms with Crippen LogP contribution in [0.3, 0.4) is 0 Å². The maximum Gasteiger partial charge on any atom is 0.175 e.